The van der Waals surface area contributed by atoms with Crippen LogP contribution in [0.5, 0.6) is 0 Å². The van der Waals surface area contributed by atoms with Gasteiger partial charge in [0.05, 0.1) is 12.9 Å². The van der Waals surface area contributed by atoms with Crippen LogP contribution in [0.4, 0.5) is 0 Å². The molecule has 0 spiro atoms. The third-order valence-corrected chi connectivity index (χ3v) is 1.70. The first kappa shape index (κ1) is 9.91. The molecule has 0 saturated heterocycles. The average molecular weight is 186 g/mol. The molecule has 0 radical (unpaired) electrons. The van der Waals surface area contributed by atoms with Crippen molar-refractivity contribution >= 4 is 6.29 Å². The lowest BCUT2D eigenvalue weighted by Crippen LogP contribution is -2.22. The van der Waals surface area contributed by atoms with Crippen molar-refractivity contribution in [1.29, 1.82) is 0 Å². The van der Waals surface area contributed by atoms with Crippen LogP contribution in [-0.4, -0.2) is 34.3 Å². The molecule has 13 heavy (non-hydrogen) atoms. The highest BCUT2D eigenvalue weighted by Gasteiger charge is 2.21. The van der Waals surface area contributed by atoms with Gasteiger partial charge in [-0.25, -0.2) is 0 Å². The number of furan rings is 1. The first-order valence-electron chi connectivity index (χ1n) is 3.70. The van der Waals surface area contributed by atoms with Crippen molar-refractivity contribution < 1.29 is 24.5 Å². The lowest BCUT2D eigenvalue weighted by molar-refractivity contribution is -0.0157. The second-order valence-electron chi connectivity index (χ2n) is 2.55. The van der Waals surface area contributed by atoms with Gasteiger partial charge in [0.25, 0.3) is 0 Å². The van der Waals surface area contributed by atoms with Crippen LogP contribution in [0.1, 0.15) is 22.2 Å². The number of aliphatic hydroxyl groups excluding tert-OH is 3. The lowest BCUT2D eigenvalue weighted by Gasteiger charge is -2.13. The highest BCUT2D eigenvalue weighted by molar-refractivity contribution is 5.73. The zero-order chi connectivity index (χ0) is 9.84. The Kier molecular flexibility index (Phi) is 3.18. The number of rotatable bonds is 4. The molecule has 0 amide bonds. The third-order valence-electron chi connectivity index (χ3n) is 1.70. The Bertz CT molecular complexity index is 280. The van der Waals surface area contributed by atoms with Crippen LogP contribution in [-0.2, 0) is 0 Å². The molecule has 0 bridgehead atoms. The summed E-state index contributed by atoms with van der Waals surface area (Å²) in [6.45, 7) is -0.579. The van der Waals surface area contributed by atoms with E-state index in [-0.39, 0.29) is 11.3 Å². The van der Waals surface area contributed by atoms with Gasteiger partial charge in [-0.2, -0.15) is 0 Å². The number of aldehydes is 1. The molecule has 2 unspecified atom stereocenters. The Morgan fingerprint density at radius 2 is 2.23 bits per heavy atom. The summed E-state index contributed by atoms with van der Waals surface area (Å²) < 4.78 is 4.71. The minimum absolute atomic E-state index is 0.0417. The Morgan fingerprint density at radius 3 is 2.77 bits per heavy atom. The molecule has 0 aliphatic heterocycles. The van der Waals surface area contributed by atoms with Crippen molar-refractivity contribution in [2.24, 2.45) is 0 Å². The number of carbonyl (C=O) groups excluding carboxylic acids is 1. The van der Waals surface area contributed by atoms with Gasteiger partial charge in [-0.05, 0) is 6.07 Å². The topological polar surface area (TPSA) is 90.9 Å². The van der Waals surface area contributed by atoms with Crippen molar-refractivity contribution in [3.8, 4) is 0 Å². The smallest absolute Gasteiger partial charge is 0.185 e. The van der Waals surface area contributed by atoms with Crippen molar-refractivity contribution in [3.63, 3.8) is 0 Å². The predicted octanol–water partition coefficient (Wildman–Crippen LogP) is -0.521. The van der Waals surface area contributed by atoms with Crippen molar-refractivity contribution in [2.45, 2.75) is 12.2 Å². The molecular weight excluding hydrogens is 176 g/mol. The van der Waals surface area contributed by atoms with Gasteiger partial charge in [0.2, 0.25) is 0 Å². The van der Waals surface area contributed by atoms with Gasteiger partial charge in [0, 0.05) is 5.56 Å². The molecular formula is C8H10O5. The summed E-state index contributed by atoms with van der Waals surface area (Å²) in [5.41, 5.74) is 0.177. The Hall–Kier alpha value is -1.17. The summed E-state index contributed by atoms with van der Waals surface area (Å²) in [4.78, 5) is 10.4. The Labute approximate surface area is 74.2 Å². The first-order valence-corrected chi connectivity index (χ1v) is 3.70. The summed E-state index contributed by atoms with van der Waals surface area (Å²) in [7, 11) is 0. The minimum Gasteiger partial charge on any atom is -0.461 e. The molecule has 0 fully saturated rings. The molecule has 1 rings (SSSR count). The fourth-order valence-electron chi connectivity index (χ4n) is 0.978. The summed E-state index contributed by atoms with van der Waals surface area (Å²) in [5, 5.41) is 27.0. The van der Waals surface area contributed by atoms with Gasteiger partial charge in [0.15, 0.2) is 12.0 Å². The van der Waals surface area contributed by atoms with Crippen LogP contribution in [0.15, 0.2) is 16.7 Å². The van der Waals surface area contributed by atoms with Crippen LogP contribution >= 0.6 is 0 Å². The molecule has 5 nitrogen and oxygen atoms in total. The number of carbonyl (C=O) groups is 1. The fraction of sp³-hybridized carbons (Fsp3) is 0.375. The minimum atomic E-state index is -1.31. The molecule has 1 aromatic rings. The standard InChI is InChI=1S/C8H10O5/c9-3-6(11)8(12)5-1-2-13-7(5)4-10/h1-2,4,6,8-9,11-12H,3H2. The summed E-state index contributed by atoms with van der Waals surface area (Å²) in [6, 6.07) is 1.37. The number of aliphatic hydroxyl groups is 3. The zero-order valence-corrected chi connectivity index (χ0v) is 6.75. The second kappa shape index (κ2) is 4.18. The highest BCUT2D eigenvalue weighted by atomic mass is 16.4. The van der Waals surface area contributed by atoms with Gasteiger partial charge in [-0.3, -0.25) is 4.79 Å². The van der Waals surface area contributed by atoms with Gasteiger partial charge >= 0.3 is 0 Å². The van der Waals surface area contributed by atoms with E-state index in [1.807, 2.05) is 0 Å². The highest BCUT2D eigenvalue weighted by Crippen LogP contribution is 2.20. The molecule has 2 atom stereocenters. The molecule has 0 aromatic carbocycles. The lowest BCUT2D eigenvalue weighted by atomic mass is 10.1. The van der Waals surface area contributed by atoms with Crippen LogP contribution in [0.25, 0.3) is 0 Å². The van der Waals surface area contributed by atoms with E-state index in [2.05, 4.69) is 0 Å². The molecule has 1 heterocycles. The molecule has 5 heteroatoms. The van der Waals surface area contributed by atoms with E-state index in [1.54, 1.807) is 0 Å². The largest absolute Gasteiger partial charge is 0.461 e. The Morgan fingerprint density at radius 1 is 1.54 bits per heavy atom. The zero-order valence-electron chi connectivity index (χ0n) is 6.75. The van der Waals surface area contributed by atoms with E-state index in [9.17, 15) is 9.90 Å². The molecule has 0 saturated carbocycles. The van der Waals surface area contributed by atoms with Gasteiger partial charge in [0.1, 0.15) is 12.2 Å². The van der Waals surface area contributed by atoms with Crippen molar-refractivity contribution in [3.05, 3.63) is 23.7 Å². The average Bonchev–Trinajstić information content (AvgIpc) is 2.62. The maximum Gasteiger partial charge on any atom is 0.185 e. The fourth-order valence-corrected chi connectivity index (χ4v) is 0.978. The first-order chi connectivity index (χ1) is 6.20. The van der Waals surface area contributed by atoms with Crippen LogP contribution in [0, 0.1) is 0 Å². The number of hydrogen-bond acceptors (Lipinski definition) is 5. The van der Waals surface area contributed by atoms with Crippen molar-refractivity contribution in [2.75, 3.05) is 6.61 Å². The number of hydrogen-bond donors (Lipinski definition) is 3. The van der Waals surface area contributed by atoms with Crippen LogP contribution in [0.3, 0.4) is 0 Å². The van der Waals surface area contributed by atoms with E-state index in [1.165, 1.54) is 12.3 Å². The summed E-state index contributed by atoms with van der Waals surface area (Å²) >= 11 is 0. The third kappa shape index (κ3) is 1.95. The van der Waals surface area contributed by atoms with Gasteiger partial charge in [-0.1, -0.05) is 0 Å². The van der Waals surface area contributed by atoms with Crippen LogP contribution in [0.2, 0.25) is 0 Å². The predicted molar refractivity (Wildman–Crippen MR) is 42.1 cm³/mol. The van der Waals surface area contributed by atoms with E-state index >= 15 is 0 Å². The summed E-state index contributed by atoms with van der Waals surface area (Å²) in [5.74, 6) is -0.0417. The monoisotopic (exact) mass is 186 g/mol. The molecule has 0 aliphatic carbocycles. The van der Waals surface area contributed by atoms with E-state index in [0.717, 1.165) is 0 Å². The van der Waals surface area contributed by atoms with Gasteiger partial charge in [-0.15, -0.1) is 0 Å². The normalized spacial score (nSPS) is 15.3. The molecule has 72 valence electrons. The van der Waals surface area contributed by atoms with E-state index in [0.29, 0.717) is 6.29 Å². The van der Waals surface area contributed by atoms with E-state index in [4.69, 9.17) is 14.6 Å². The van der Waals surface area contributed by atoms with Crippen molar-refractivity contribution in [1.82, 2.24) is 0 Å². The molecule has 0 aliphatic rings. The van der Waals surface area contributed by atoms with E-state index < -0.39 is 18.8 Å². The second-order valence-corrected chi connectivity index (χ2v) is 2.55. The maximum atomic E-state index is 10.4. The van der Waals surface area contributed by atoms with Crippen LogP contribution < -0.4 is 0 Å². The Balaban J connectivity index is 2.87. The SMILES string of the molecule is O=Cc1occc1C(O)C(O)CO. The molecule has 3 N–H and O–H groups in total. The maximum absolute atomic E-state index is 10.4. The summed E-state index contributed by atoms with van der Waals surface area (Å²) in [6.07, 6.45) is -0.949. The quantitative estimate of drug-likeness (QED) is 0.550. The molecule has 1 aromatic heterocycles. The van der Waals surface area contributed by atoms with Gasteiger partial charge < -0.3 is 19.7 Å².